The molecule has 0 spiro atoms. The van der Waals surface area contributed by atoms with E-state index < -0.39 is 10.9 Å². The number of nitrogens with one attached hydrogen (secondary N) is 1. The Morgan fingerprint density at radius 1 is 1.22 bits per heavy atom. The normalized spacial score (nSPS) is 11.0. The molecule has 0 fully saturated rings. The monoisotopic (exact) mass is 311 g/mol. The van der Waals surface area contributed by atoms with Gasteiger partial charge in [0.05, 0.1) is 21.7 Å². The van der Waals surface area contributed by atoms with Gasteiger partial charge in [-0.15, -0.1) is 0 Å². The van der Waals surface area contributed by atoms with Crippen LogP contribution in [0, 0.1) is 10.1 Å². The van der Waals surface area contributed by atoms with Crippen LogP contribution in [0.2, 0.25) is 0 Å². The third-order valence-corrected chi connectivity index (χ3v) is 2.87. The zero-order valence-electron chi connectivity index (χ0n) is 11.9. The molecule has 0 radical (unpaired) electrons. The first-order valence-corrected chi connectivity index (χ1v) is 6.60. The molecule has 7 nitrogen and oxygen atoms in total. The van der Waals surface area contributed by atoms with Crippen LogP contribution in [0.25, 0.3) is 6.08 Å². The summed E-state index contributed by atoms with van der Waals surface area (Å²) in [6.07, 6.45) is 4.54. The molecular formula is C16H13N3O4. The summed E-state index contributed by atoms with van der Waals surface area (Å²) in [7, 11) is 0. The molecule has 0 aliphatic carbocycles. The molecule has 0 amide bonds. The first kappa shape index (κ1) is 15.9. The van der Waals surface area contributed by atoms with Gasteiger partial charge in [-0.1, -0.05) is 18.2 Å². The molecule has 23 heavy (non-hydrogen) atoms. The fourth-order valence-corrected chi connectivity index (χ4v) is 1.82. The molecule has 0 heterocycles. The van der Waals surface area contributed by atoms with Crippen molar-refractivity contribution < 1.29 is 14.8 Å². The van der Waals surface area contributed by atoms with Crippen LogP contribution in [0.4, 0.5) is 11.4 Å². The zero-order valence-corrected chi connectivity index (χ0v) is 11.9. The Kier molecular flexibility index (Phi) is 5.19. The molecule has 2 N–H and O–H groups in total. The van der Waals surface area contributed by atoms with E-state index in [-0.39, 0.29) is 11.3 Å². The van der Waals surface area contributed by atoms with Crippen molar-refractivity contribution >= 4 is 29.6 Å². The van der Waals surface area contributed by atoms with Crippen LogP contribution in [0.5, 0.6) is 0 Å². The largest absolute Gasteiger partial charge is 0.478 e. The minimum Gasteiger partial charge on any atom is -0.478 e. The van der Waals surface area contributed by atoms with Crippen molar-refractivity contribution in [3.05, 3.63) is 75.8 Å². The number of aromatic carboxylic acids is 1. The van der Waals surface area contributed by atoms with Crippen LogP contribution >= 0.6 is 0 Å². The summed E-state index contributed by atoms with van der Waals surface area (Å²) in [5, 5.41) is 23.7. The second kappa shape index (κ2) is 7.51. The summed E-state index contributed by atoms with van der Waals surface area (Å²) in [6, 6.07) is 12.6. The number of nitrogens with zero attached hydrogens (tertiary/aromatic N) is 2. The molecule has 0 saturated carbocycles. The number of hydrogen-bond acceptors (Lipinski definition) is 5. The Morgan fingerprint density at radius 3 is 2.74 bits per heavy atom. The van der Waals surface area contributed by atoms with Gasteiger partial charge in [-0.2, -0.15) is 5.10 Å². The second-order valence-corrected chi connectivity index (χ2v) is 4.45. The first-order valence-electron chi connectivity index (χ1n) is 6.60. The summed E-state index contributed by atoms with van der Waals surface area (Å²) >= 11 is 0. The van der Waals surface area contributed by atoms with Gasteiger partial charge in [0, 0.05) is 12.3 Å². The van der Waals surface area contributed by atoms with Gasteiger partial charge in [0.15, 0.2) is 0 Å². The van der Waals surface area contributed by atoms with Gasteiger partial charge in [-0.25, -0.2) is 4.79 Å². The fourth-order valence-electron chi connectivity index (χ4n) is 1.82. The molecule has 0 saturated heterocycles. The van der Waals surface area contributed by atoms with E-state index in [0.29, 0.717) is 11.3 Å². The van der Waals surface area contributed by atoms with E-state index in [1.165, 1.54) is 24.4 Å². The number of hydrogen-bond donors (Lipinski definition) is 2. The molecule has 2 aromatic carbocycles. The summed E-state index contributed by atoms with van der Waals surface area (Å²) in [5.74, 6) is -1.02. The number of nitro groups is 1. The molecular weight excluding hydrogens is 298 g/mol. The Morgan fingerprint density at radius 2 is 2.00 bits per heavy atom. The Hall–Kier alpha value is -3.48. The third-order valence-electron chi connectivity index (χ3n) is 2.87. The molecule has 7 heteroatoms. The van der Waals surface area contributed by atoms with Crippen LogP contribution in [0.3, 0.4) is 0 Å². The third kappa shape index (κ3) is 4.50. The van der Waals surface area contributed by atoms with Crippen molar-refractivity contribution in [2.24, 2.45) is 5.10 Å². The zero-order chi connectivity index (χ0) is 16.7. The second-order valence-electron chi connectivity index (χ2n) is 4.45. The van der Waals surface area contributed by atoms with Crippen molar-refractivity contribution in [3.8, 4) is 0 Å². The fraction of sp³-hybridized carbons (Fsp3) is 0. The van der Waals surface area contributed by atoms with E-state index in [2.05, 4.69) is 10.5 Å². The molecule has 2 rings (SSSR count). The first-order chi connectivity index (χ1) is 11.1. The lowest BCUT2D eigenvalue weighted by molar-refractivity contribution is -0.385. The van der Waals surface area contributed by atoms with Gasteiger partial charge in [0.25, 0.3) is 5.69 Å². The lowest BCUT2D eigenvalue weighted by Crippen LogP contribution is -1.97. The highest BCUT2D eigenvalue weighted by atomic mass is 16.6. The van der Waals surface area contributed by atoms with E-state index >= 15 is 0 Å². The van der Waals surface area contributed by atoms with Gasteiger partial charge in [-0.3, -0.25) is 15.5 Å². The van der Waals surface area contributed by atoms with E-state index in [1.807, 2.05) is 0 Å². The number of carboxylic acids is 1. The summed E-state index contributed by atoms with van der Waals surface area (Å²) < 4.78 is 0. The average molecular weight is 311 g/mol. The minimum absolute atomic E-state index is 0.0132. The van der Waals surface area contributed by atoms with Crippen molar-refractivity contribution in [3.63, 3.8) is 0 Å². The van der Waals surface area contributed by atoms with Gasteiger partial charge < -0.3 is 5.11 Å². The van der Waals surface area contributed by atoms with Gasteiger partial charge in [0.1, 0.15) is 0 Å². The van der Waals surface area contributed by atoms with Crippen molar-refractivity contribution in [1.29, 1.82) is 0 Å². The van der Waals surface area contributed by atoms with Gasteiger partial charge in [-0.05, 0) is 36.4 Å². The van der Waals surface area contributed by atoms with Crippen LogP contribution in [0.1, 0.15) is 15.9 Å². The maximum absolute atomic E-state index is 10.9. The number of hydrazone groups is 1. The molecule has 116 valence electrons. The lowest BCUT2D eigenvalue weighted by atomic mass is 10.2. The highest BCUT2D eigenvalue weighted by Crippen LogP contribution is 2.18. The number of carbonyl (C=O) groups is 1. The van der Waals surface area contributed by atoms with E-state index in [0.717, 1.165) is 0 Å². The number of carboxylic acid groups (broad SMARTS) is 1. The van der Waals surface area contributed by atoms with Crippen molar-refractivity contribution in [1.82, 2.24) is 0 Å². The number of para-hydroxylation sites is 1. The number of benzene rings is 2. The maximum atomic E-state index is 10.9. The van der Waals surface area contributed by atoms with E-state index in [4.69, 9.17) is 5.11 Å². The predicted molar refractivity (Wildman–Crippen MR) is 87.6 cm³/mol. The molecule has 0 aromatic heterocycles. The van der Waals surface area contributed by atoms with Crippen LogP contribution < -0.4 is 5.43 Å². The quantitative estimate of drug-likeness (QED) is 0.483. The molecule has 0 atom stereocenters. The highest BCUT2D eigenvalue weighted by Gasteiger charge is 2.08. The highest BCUT2D eigenvalue weighted by molar-refractivity contribution is 5.88. The van der Waals surface area contributed by atoms with E-state index in [9.17, 15) is 14.9 Å². The SMILES string of the molecule is O=C(O)c1cccc(NN=CC=Cc2ccccc2[N+](=O)[O-])c1. The number of rotatable bonds is 6. The number of allylic oxidation sites excluding steroid dienone is 1. The average Bonchev–Trinajstić information content (AvgIpc) is 2.55. The Bertz CT molecular complexity index is 784. The minimum atomic E-state index is -1.02. The van der Waals surface area contributed by atoms with Crippen LogP contribution in [-0.4, -0.2) is 22.2 Å². The predicted octanol–water partition coefficient (Wildman–Crippen LogP) is 3.40. The topological polar surface area (TPSA) is 105 Å². The van der Waals surface area contributed by atoms with Gasteiger partial charge >= 0.3 is 5.97 Å². The maximum Gasteiger partial charge on any atom is 0.335 e. The summed E-state index contributed by atoms with van der Waals surface area (Å²) in [6.45, 7) is 0. The molecule has 0 aliphatic rings. The number of nitro benzene ring substituents is 1. The Balaban J connectivity index is 2.01. The Labute approximate surface area is 131 Å². The molecule has 0 bridgehead atoms. The smallest absolute Gasteiger partial charge is 0.335 e. The summed E-state index contributed by atoms with van der Waals surface area (Å²) in [4.78, 5) is 21.2. The van der Waals surface area contributed by atoms with Crippen LogP contribution in [-0.2, 0) is 0 Å². The van der Waals surface area contributed by atoms with Crippen molar-refractivity contribution in [2.75, 3.05) is 5.43 Å². The van der Waals surface area contributed by atoms with Crippen molar-refractivity contribution in [2.45, 2.75) is 0 Å². The molecule has 0 unspecified atom stereocenters. The molecule has 0 aliphatic heterocycles. The molecule has 2 aromatic rings. The summed E-state index contributed by atoms with van der Waals surface area (Å²) in [5.41, 5.74) is 3.85. The van der Waals surface area contributed by atoms with Crippen LogP contribution in [0.15, 0.2) is 59.7 Å². The lowest BCUT2D eigenvalue weighted by Gasteiger charge is -2.00. The van der Waals surface area contributed by atoms with Gasteiger partial charge in [0.2, 0.25) is 0 Å². The standard InChI is InChI=1S/C16H13N3O4/c20-16(21)13-6-3-8-14(11-13)18-17-10-4-7-12-5-1-2-9-15(12)19(22)23/h1-11,18H,(H,20,21). The van der Waals surface area contributed by atoms with E-state index in [1.54, 1.807) is 42.5 Å². The number of anilines is 1.